The van der Waals surface area contributed by atoms with Gasteiger partial charge in [-0.25, -0.2) is 8.78 Å². The van der Waals surface area contributed by atoms with Gasteiger partial charge in [0.05, 0.1) is 0 Å². The zero-order valence-corrected chi connectivity index (χ0v) is 11.1. The average molecular weight is 261 g/mol. The molecule has 19 heavy (non-hydrogen) atoms. The van der Waals surface area contributed by atoms with E-state index in [1.807, 2.05) is 12.1 Å². The Labute approximate surface area is 112 Å². The molecule has 0 aliphatic carbocycles. The monoisotopic (exact) mass is 261 g/mol. The molecule has 1 nitrogen and oxygen atoms in total. The van der Waals surface area contributed by atoms with Gasteiger partial charge >= 0.3 is 0 Å². The Kier molecular flexibility index (Phi) is 3.96. The lowest BCUT2D eigenvalue weighted by Gasteiger charge is -2.17. The van der Waals surface area contributed by atoms with Crippen LogP contribution in [0.4, 0.5) is 8.78 Å². The Morgan fingerprint density at radius 1 is 0.895 bits per heavy atom. The van der Waals surface area contributed by atoms with E-state index in [0.29, 0.717) is 17.7 Å². The smallest absolute Gasteiger partial charge is 0.126 e. The molecule has 0 saturated heterocycles. The first-order chi connectivity index (χ1) is 9.02. The highest BCUT2D eigenvalue weighted by atomic mass is 19.1. The molecule has 2 N–H and O–H groups in total. The molecule has 0 fully saturated rings. The predicted octanol–water partition coefficient (Wildman–Crippen LogP) is 3.67. The number of halogens is 2. The summed E-state index contributed by atoms with van der Waals surface area (Å²) in [6, 6.07) is 10.1. The lowest BCUT2D eigenvalue weighted by molar-refractivity contribution is 0.609. The summed E-state index contributed by atoms with van der Waals surface area (Å²) in [6.45, 7) is 3.73. The molecule has 2 aromatic carbocycles. The maximum atomic E-state index is 13.6. The second-order valence-corrected chi connectivity index (χ2v) is 4.81. The van der Waals surface area contributed by atoms with Crippen molar-refractivity contribution >= 4 is 0 Å². The molecule has 2 rings (SSSR count). The molecule has 2 aromatic rings. The van der Waals surface area contributed by atoms with Crippen molar-refractivity contribution < 1.29 is 8.78 Å². The maximum absolute atomic E-state index is 13.6. The van der Waals surface area contributed by atoms with Crippen LogP contribution in [0.2, 0.25) is 0 Å². The lowest BCUT2D eigenvalue weighted by Crippen LogP contribution is -2.14. The van der Waals surface area contributed by atoms with Crippen LogP contribution >= 0.6 is 0 Å². The molecule has 3 heteroatoms. The molecule has 0 aliphatic heterocycles. The number of hydrogen-bond donors (Lipinski definition) is 1. The van der Waals surface area contributed by atoms with E-state index in [1.54, 1.807) is 26.0 Å². The minimum atomic E-state index is -0.261. The van der Waals surface area contributed by atoms with Crippen molar-refractivity contribution in [1.82, 2.24) is 0 Å². The molecule has 0 atom stereocenters. The minimum Gasteiger partial charge on any atom is -0.330 e. The molecule has 0 heterocycles. The standard InChI is InChI=1S/C16H17F2N/c1-10-3-5-12(7-15(10)17)14(9-19)13-6-4-11(2)16(18)8-13/h3-8,14H,9,19H2,1-2H3. The van der Waals surface area contributed by atoms with Crippen molar-refractivity contribution in [2.75, 3.05) is 6.54 Å². The highest BCUT2D eigenvalue weighted by Crippen LogP contribution is 2.26. The largest absolute Gasteiger partial charge is 0.330 e. The third kappa shape index (κ3) is 2.82. The molecular weight excluding hydrogens is 244 g/mol. The van der Waals surface area contributed by atoms with Gasteiger partial charge in [0.25, 0.3) is 0 Å². The summed E-state index contributed by atoms with van der Waals surface area (Å²) in [5.74, 6) is -0.711. The quantitative estimate of drug-likeness (QED) is 0.896. The van der Waals surface area contributed by atoms with Crippen LogP contribution in [0.3, 0.4) is 0 Å². The predicted molar refractivity (Wildman–Crippen MR) is 73.2 cm³/mol. The summed E-state index contributed by atoms with van der Waals surface area (Å²) in [7, 11) is 0. The van der Waals surface area contributed by atoms with E-state index in [-0.39, 0.29) is 17.6 Å². The molecule has 0 aliphatic rings. The van der Waals surface area contributed by atoms with E-state index in [1.165, 1.54) is 12.1 Å². The Hall–Kier alpha value is -1.74. The highest BCUT2D eigenvalue weighted by molar-refractivity contribution is 5.36. The average Bonchev–Trinajstić information content (AvgIpc) is 2.39. The van der Waals surface area contributed by atoms with E-state index in [2.05, 4.69) is 0 Å². The summed E-state index contributed by atoms with van der Waals surface area (Å²) < 4.78 is 27.2. The molecule has 0 spiro atoms. The topological polar surface area (TPSA) is 26.0 Å². The van der Waals surface area contributed by atoms with Gasteiger partial charge in [0.2, 0.25) is 0 Å². The summed E-state index contributed by atoms with van der Waals surface area (Å²) in [5, 5.41) is 0. The van der Waals surface area contributed by atoms with Crippen molar-refractivity contribution in [2.24, 2.45) is 5.73 Å². The SMILES string of the molecule is Cc1ccc(C(CN)c2ccc(C)c(F)c2)cc1F. The summed E-state index contributed by atoms with van der Waals surface area (Å²) in [5.41, 5.74) is 8.50. The first-order valence-corrected chi connectivity index (χ1v) is 6.25. The molecular formula is C16H17F2N. The van der Waals surface area contributed by atoms with Gasteiger partial charge in [-0.1, -0.05) is 24.3 Å². The fourth-order valence-corrected chi connectivity index (χ4v) is 2.12. The number of aryl methyl sites for hydroxylation is 2. The zero-order chi connectivity index (χ0) is 14.0. The molecule has 0 bridgehead atoms. The van der Waals surface area contributed by atoms with Crippen LogP contribution in [0.25, 0.3) is 0 Å². The maximum Gasteiger partial charge on any atom is 0.126 e. The zero-order valence-electron chi connectivity index (χ0n) is 11.1. The molecule has 0 amide bonds. The van der Waals surface area contributed by atoms with Gasteiger partial charge in [0, 0.05) is 12.5 Å². The van der Waals surface area contributed by atoms with Crippen molar-refractivity contribution in [3.05, 3.63) is 70.3 Å². The first-order valence-electron chi connectivity index (χ1n) is 6.25. The molecule has 0 saturated carbocycles. The van der Waals surface area contributed by atoms with E-state index < -0.39 is 0 Å². The number of hydrogen-bond acceptors (Lipinski definition) is 1. The Bertz CT molecular complexity index is 542. The second-order valence-electron chi connectivity index (χ2n) is 4.81. The van der Waals surface area contributed by atoms with Gasteiger partial charge in [-0.3, -0.25) is 0 Å². The van der Waals surface area contributed by atoms with Gasteiger partial charge in [-0.05, 0) is 48.2 Å². The number of nitrogens with two attached hydrogens (primary N) is 1. The van der Waals surface area contributed by atoms with Gasteiger partial charge in [-0.15, -0.1) is 0 Å². The third-order valence-corrected chi connectivity index (χ3v) is 3.43. The molecule has 100 valence electrons. The summed E-state index contributed by atoms with van der Waals surface area (Å²) >= 11 is 0. The summed E-state index contributed by atoms with van der Waals surface area (Å²) in [6.07, 6.45) is 0. The van der Waals surface area contributed by atoms with Crippen LogP contribution in [0.5, 0.6) is 0 Å². The Morgan fingerprint density at radius 3 is 1.63 bits per heavy atom. The highest BCUT2D eigenvalue weighted by Gasteiger charge is 2.15. The van der Waals surface area contributed by atoms with Crippen molar-refractivity contribution in [2.45, 2.75) is 19.8 Å². The first kappa shape index (κ1) is 13.7. The molecule has 0 radical (unpaired) electrons. The van der Waals surface area contributed by atoms with E-state index >= 15 is 0 Å². The minimum absolute atomic E-state index is 0.190. The van der Waals surface area contributed by atoms with Gasteiger partial charge in [0.15, 0.2) is 0 Å². The normalized spacial score (nSPS) is 11.1. The Morgan fingerprint density at radius 2 is 1.32 bits per heavy atom. The summed E-state index contributed by atoms with van der Waals surface area (Å²) in [4.78, 5) is 0. The van der Waals surface area contributed by atoms with Crippen LogP contribution in [0, 0.1) is 25.5 Å². The number of rotatable bonds is 3. The van der Waals surface area contributed by atoms with Gasteiger partial charge in [-0.2, -0.15) is 0 Å². The van der Waals surface area contributed by atoms with Crippen molar-refractivity contribution in [1.29, 1.82) is 0 Å². The van der Waals surface area contributed by atoms with E-state index in [9.17, 15) is 8.78 Å². The van der Waals surface area contributed by atoms with Crippen LogP contribution in [0.1, 0.15) is 28.2 Å². The van der Waals surface area contributed by atoms with E-state index in [4.69, 9.17) is 5.73 Å². The third-order valence-electron chi connectivity index (χ3n) is 3.43. The second kappa shape index (κ2) is 5.49. The van der Waals surface area contributed by atoms with Crippen LogP contribution in [-0.2, 0) is 0 Å². The lowest BCUT2D eigenvalue weighted by atomic mass is 9.90. The van der Waals surface area contributed by atoms with Crippen LogP contribution in [0.15, 0.2) is 36.4 Å². The van der Waals surface area contributed by atoms with E-state index in [0.717, 1.165) is 11.1 Å². The van der Waals surface area contributed by atoms with Crippen LogP contribution in [-0.4, -0.2) is 6.54 Å². The van der Waals surface area contributed by atoms with Gasteiger partial charge < -0.3 is 5.73 Å². The molecule has 0 aromatic heterocycles. The van der Waals surface area contributed by atoms with Crippen molar-refractivity contribution in [3.63, 3.8) is 0 Å². The fourth-order valence-electron chi connectivity index (χ4n) is 2.12. The van der Waals surface area contributed by atoms with Gasteiger partial charge in [0.1, 0.15) is 11.6 Å². The Balaban J connectivity index is 2.43. The van der Waals surface area contributed by atoms with Crippen LogP contribution < -0.4 is 5.73 Å². The molecule has 0 unspecified atom stereocenters. The number of benzene rings is 2. The van der Waals surface area contributed by atoms with Crippen molar-refractivity contribution in [3.8, 4) is 0 Å². The fraction of sp³-hybridized carbons (Fsp3) is 0.250.